The molecule has 0 bridgehead atoms. The molecule has 0 spiro atoms. The standard InChI is InChI=1S/C18H18BrN7O/c19-14-4-1-5-15(7-14)24-18(27)13-3-2-6-25(9-13)16-8-17(22-11-21-16)26-12-20-10-23-26/h1,4-5,7-8,10-13H,2-3,6,9H2,(H,24,27). The lowest BCUT2D eigenvalue weighted by atomic mass is 9.97. The Kier molecular flexibility index (Phi) is 5.10. The number of anilines is 2. The van der Waals surface area contributed by atoms with Gasteiger partial charge in [-0.2, -0.15) is 5.10 Å². The molecule has 0 saturated carbocycles. The number of piperidine rings is 1. The summed E-state index contributed by atoms with van der Waals surface area (Å²) in [4.78, 5) is 27.4. The topological polar surface area (TPSA) is 88.8 Å². The second-order valence-electron chi connectivity index (χ2n) is 6.36. The molecule has 1 atom stereocenters. The van der Waals surface area contributed by atoms with Gasteiger partial charge in [0.1, 0.15) is 24.8 Å². The quantitative estimate of drug-likeness (QED) is 0.688. The fourth-order valence-electron chi connectivity index (χ4n) is 3.17. The summed E-state index contributed by atoms with van der Waals surface area (Å²) < 4.78 is 2.53. The molecule has 1 unspecified atom stereocenters. The number of benzene rings is 1. The van der Waals surface area contributed by atoms with Crippen LogP contribution in [0, 0.1) is 5.92 Å². The lowest BCUT2D eigenvalue weighted by Crippen LogP contribution is -2.41. The monoisotopic (exact) mass is 427 g/mol. The lowest BCUT2D eigenvalue weighted by molar-refractivity contribution is -0.120. The van der Waals surface area contributed by atoms with Crippen molar-refractivity contribution in [2.45, 2.75) is 12.8 Å². The predicted molar refractivity (Wildman–Crippen MR) is 105 cm³/mol. The van der Waals surface area contributed by atoms with Gasteiger partial charge >= 0.3 is 0 Å². The highest BCUT2D eigenvalue weighted by Crippen LogP contribution is 2.24. The van der Waals surface area contributed by atoms with Gasteiger partial charge in [-0.15, -0.1) is 0 Å². The summed E-state index contributed by atoms with van der Waals surface area (Å²) in [6.45, 7) is 1.47. The third kappa shape index (κ3) is 4.13. The zero-order chi connectivity index (χ0) is 18.6. The molecule has 1 N–H and O–H groups in total. The van der Waals surface area contributed by atoms with E-state index in [0.29, 0.717) is 12.4 Å². The number of rotatable bonds is 4. The van der Waals surface area contributed by atoms with E-state index in [4.69, 9.17) is 0 Å². The Morgan fingerprint density at radius 2 is 2.07 bits per heavy atom. The molecular weight excluding hydrogens is 410 g/mol. The summed E-state index contributed by atoms with van der Waals surface area (Å²) in [7, 11) is 0. The molecule has 1 saturated heterocycles. The molecule has 1 aliphatic heterocycles. The molecule has 0 radical (unpaired) electrons. The van der Waals surface area contributed by atoms with Crippen molar-refractivity contribution in [3.05, 3.63) is 53.8 Å². The van der Waals surface area contributed by atoms with Gasteiger partial charge in [-0.3, -0.25) is 4.79 Å². The Morgan fingerprint density at radius 1 is 1.19 bits per heavy atom. The van der Waals surface area contributed by atoms with Crippen molar-refractivity contribution in [3.63, 3.8) is 0 Å². The Bertz CT molecular complexity index is 931. The summed E-state index contributed by atoms with van der Waals surface area (Å²) in [5.74, 6) is 1.37. The van der Waals surface area contributed by atoms with Gasteiger partial charge < -0.3 is 10.2 Å². The lowest BCUT2D eigenvalue weighted by Gasteiger charge is -2.32. The summed E-state index contributed by atoms with van der Waals surface area (Å²) in [5, 5.41) is 7.11. The molecule has 138 valence electrons. The number of hydrogen-bond acceptors (Lipinski definition) is 6. The minimum Gasteiger partial charge on any atom is -0.356 e. The van der Waals surface area contributed by atoms with Crippen LogP contribution in [0.3, 0.4) is 0 Å². The summed E-state index contributed by atoms with van der Waals surface area (Å²) in [6.07, 6.45) is 6.36. The number of hydrogen-bond donors (Lipinski definition) is 1. The van der Waals surface area contributed by atoms with E-state index in [0.717, 1.165) is 35.4 Å². The van der Waals surface area contributed by atoms with Crippen molar-refractivity contribution < 1.29 is 4.79 Å². The summed E-state index contributed by atoms with van der Waals surface area (Å²) in [6, 6.07) is 9.48. The minimum absolute atomic E-state index is 0.0309. The van der Waals surface area contributed by atoms with Gasteiger partial charge in [0.05, 0.1) is 5.92 Å². The molecule has 0 aliphatic carbocycles. The minimum atomic E-state index is -0.0949. The molecule has 3 aromatic rings. The fourth-order valence-corrected chi connectivity index (χ4v) is 3.57. The zero-order valence-electron chi connectivity index (χ0n) is 14.5. The van der Waals surface area contributed by atoms with Crippen LogP contribution in [-0.4, -0.2) is 43.7 Å². The number of amides is 1. The normalized spacial score (nSPS) is 16.9. The third-order valence-corrected chi connectivity index (χ3v) is 4.99. The van der Waals surface area contributed by atoms with Gasteiger partial charge in [0.15, 0.2) is 5.82 Å². The van der Waals surface area contributed by atoms with E-state index in [-0.39, 0.29) is 11.8 Å². The number of nitrogens with zero attached hydrogens (tertiary/aromatic N) is 6. The van der Waals surface area contributed by atoms with Crippen LogP contribution in [-0.2, 0) is 4.79 Å². The molecule has 27 heavy (non-hydrogen) atoms. The first kappa shape index (κ1) is 17.6. The molecule has 2 aromatic heterocycles. The van der Waals surface area contributed by atoms with Gasteiger partial charge in [0.25, 0.3) is 0 Å². The van der Waals surface area contributed by atoms with E-state index in [1.165, 1.54) is 12.7 Å². The van der Waals surface area contributed by atoms with E-state index < -0.39 is 0 Å². The average Bonchev–Trinajstić information content (AvgIpc) is 3.23. The van der Waals surface area contributed by atoms with E-state index in [1.54, 1.807) is 11.0 Å². The molecule has 9 heteroatoms. The first-order chi connectivity index (χ1) is 13.2. The number of aromatic nitrogens is 5. The molecule has 3 heterocycles. The molecule has 4 rings (SSSR count). The Hall–Kier alpha value is -2.81. The van der Waals surface area contributed by atoms with Crippen molar-refractivity contribution in [2.75, 3.05) is 23.3 Å². The van der Waals surface area contributed by atoms with Crippen LogP contribution in [0.25, 0.3) is 5.82 Å². The van der Waals surface area contributed by atoms with E-state index in [1.807, 2.05) is 30.3 Å². The van der Waals surface area contributed by atoms with Crippen LogP contribution in [0.4, 0.5) is 11.5 Å². The van der Waals surface area contributed by atoms with E-state index in [2.05, 4.69) is 46.2 Å². The van der Waals surface area contributed by atoms with Crippen LogP contribution in [0.1, 0.15) is 12.8 Å². The second-order valence-corrected chi connectivity index (χ2v) is 7.27. The first-order valence-corrected chi connectivity index (χ1v) is 9.47. The van der Waals surface area contributed by atoms with Crippen LogP contribution < -0.4 is 10.2 Å². The van der Waals surface area contributed by atoms with Crippen molar-refractivity contribution >= 4 is 33.3 Å². The molecule has 8 nitrogen and oxygen atoms in total. The third-order valence-electron chi connectivity index (χ3n) is 4.50. The van der Waals surface area contributed by atoms with Gasteiger partial charge in [-0.05, 0) is 31.0 Å². The smallest absolute Gasteiger partial charge is 0.229 e. The van der Waals surface area contributed by atoms with Crippen LogP contribution in [0.15, 0.2) is 53.8 Å². The van der Waals surface area contributed by atoms with Gasteiger partial charge in [0.2, 0.25) is 5.91 Å². The highest BCUT2D eigenvalue weighted by atomic mass is 79.9. The van der Waals surface area contributed by atoms with E-state index in [9.17, 15) is 4.79 Å². The molecule has 1 aromatic carbocycles. The summed E-state index contributed by atoms with van der Waals surface area (Å²) >= 11 is 3.43. The Morgan fingerprint density at radius 3 is 2.89 bits per heavy atom. The molecular formula is C18H18BrN7O. The van der Waals surface area contributed by atoms with Crippen molar-refractivity contribution in [1.29, 1.82) is 0 Å². The highest BCUT2D eigenvalue weighted by molar-refractivity contribution is 9.10. The van der Waals surface area contributed by atoms with Crippen molar-refractivity contribution in [1.82, 2.24) is 24.7 Å². The van der Waals surface area contributed by atoms with Crippen molar-refractivity contribution in [3.8, 4) is 5.82 Å². The Balaban J connectivity index is 1.46. The van der Waals surface area contributed by atoms with E-state index >= 15 is 0 Å². The van der Waals surface area contributed by atoms with Crippen molar-refractivity contribution in [2.24, 2.45) is 5.92 Å². The first-order valence-electron chi connectivity index (χ1n) is 8.67. The van der Waals surface area contributed by atoms with Gasteiger partial charge in [0, 0.05) is 29.3 Å². The number of halogens is 1. The molecule has 1 aliphatic rings. The Labute approximate surface area is 164 Å². The number of carbonyl (C=O) groups excluding carboxylic acids is 1. The predicted octanol–water partition coefficient (Wildman–Crippen LogP) is 2.67. The number of nitrogens with one attached hydrogen (secondary N) is 1. The fraction of sp³-hybridized carbons (Fsp3) is 0.278. The van der Waals surface area contributed by atoms with Crippen LogP contribution >= 0.6 is 15.9 Å². The SMILES string of the molecule is O=C(Nc1cccc(Br)c1)C1CCCN(c2cc(-n3cncn3)ncn2)C1. The maximum absolute atomic E-state index is 12.7. The van der Waals surface area contributed by atoms with Crippen LogP contribution in [0.5, 0.6) is 0 Å². The summed E-state index contributed by atoms with van der Waals surface area (Å²) in [5.41, 5.74) is 0.794. The zero-order valence-corrected chi connectivity index (χ0v) is 16.1. The largest absolute Gasteiger partial charge is 0.356 e. The average molecular weight is 428 g/mol. The maximum atomic E-state index is 12.7. The van der Waals surface area contributed by atoms with Crippen LogP contribution in [0.2, 0.25) is 0 Å². The van der Waals surface area contributed by atoms with Gasteiger partial charge in [-0.1, -0.05) is 22.0 Å². The highest BCUT2D eigenvalue weighted by Gasteiger charge is 2.27. The maximum Gasteiger partial charge on any atom is 0.229 e. The van der Waals surface area contributed by atoms with Gasteiger partial charge in [-0.25, -0.2) is 19.6 Å². The molecule has 1 fully saturated rings. The number of carbonyl (C=O) groups is 1. The molecule has 1 amide bonds. The second kappa shape index (κ2) is 7.83.